The van der Waals surface area contributed by atoms with Crippen LogP contribution in [0.15, 0.2) is 23.1 Å². The van der Waals surface area contributed by atoms with Gasteiger partial charge in [-0.3, -0.25) is 0 Å². The molecule has 0 bridgehead atoms. The van der Waals surface area contributed by atoms with Crippen LogP contribution in [0.1, 0.15) is 5.56 Å². The van der Waals surface area contributed by atoms with Gasteiger partial charge >= 0.3 is 0 Å². The lowest BCUT2D eigenvalue weighted by molar-refractivity contribution is 0.603. The van der Waals surface area contributed by atoms with Crippen molar-refractivity contribution in [1.29, 1.82) is 0 Å². The van der Waals surface area contributed by atoms with E-state index in [1.165, 1.54) is 18.0 Å². The van der Waals surface area contributed by atoms with Crippen molar-refractivity contribution >= 4 is 33.2 Å². The molecule has 17 heavy (non-hydrogen) atoms. The highest BCUT2D eigenvalue weighted by molar-refractivity contribution is 8.00. The summed E-state index contributed by atoms with van der Waals surface area (Å²) in [4.78, 5) is 1.04. The second kappa shape index (κ2) is 6.64. The lowest BCUT2D eigenvalue weighted by atomic mass is 10.2. The number of halogens is 1. The van der Waals surface area contributed by atoms with Crippen LogP contribution in [0.2, 0.25) is 5.02 Å². The Morgan fingerprint density at radius 1 is 1.41 bits per heavy atom. The minimum atomic E-state index is -2.90. The molecule has 0 radical (unpaired) electrons. The Labute approximate surface area is 112 Å². The van der Waals surface area contributed by atoms with E-state index in [1.807, 2.05) is 25.2 Å². The smallest absolute Gasteiger partial charge is 0.148 e. The Kier molecular flexibility index (Phi) is 5.79. The molecule has 0 unspecified atom stereocenters. The third-order valence-corrected chi connectivity index (χ3v) is 4.65. The monoisotopic (exact) mass is 293 g/mol. The average molecular weight is 294 g/mol. The van der Waals surface area contributed by atoms with Crippen LogP contribution in [0.25, 0.3) is 0 Å². The molecule has 0 aliphatic carbocycles. The van der Waals surface area contributed by atoms with Gasteiger partial charge in [-0.05, 0) is 24.7 Å². The fraction of sp³-hybridized carbons (Fsp3) is 0.455. The Morgan fingerprint density at radius 2 is 2.12 bits per heavy atom. The number of rotatable bonds is 6. The number of benzene rings is 1. The topological polar surface area (TPSA) is 46.2 Å². The summed E-state index contributed by atoms with van der Waals surface area (Å²) >= 11 is 7.46. The van der Waals surface area contributed by atoms with E-state index < -0.39 is 9.84 Å². The van der Waals surface area contributed by atoms with Gasteiger partial charge in [-0.25, -0.2) is 8.42 Å². The molecule has 0 fully saturated rings. The van der Waals surface area contributed by atoms with Gasteiger partial charge in [-0.2, -0.15) is 0 Å². The molecule has 0 amide bonds. The number of sulfone groups is 1. The van der Waals surface area contributed by atoms with E-state index in [0.717, 1.165) is 17.0 Å². The molecule has 0 saturated carbocycles. The number of hydrogen-bond acceptors (Lipinski definition) is 4. The van der Waals surface area contributed by atoms with Gasteiger partial charge in [0.25, 0.3) is 0 Å². The van der Waals surface area contributed by atoms with E-state index in [2.05, 4.69) is 5.32 Å². The summed E-state index contributed by atoms with van der Waals surface area (Å²) in [5.74, 6) is 0.735. The molecule has 0 spiro atoms. The summed E-state index contributed by atoms with van der Waals surface area (Å²) in [6.07, 6.45) is 1.25. The SMILES string of the molecule is CNCc1ccc(Cl)cc1SCCS(C)(=O)=O. The predicted octanol–water partition coefficient (Wildman–Crippen LogP) is 2.20. The minimum Gasteiger partial charge on any atom is -0.316 e. The number of thioether (sulfide) groups is 1. The van der Waals surface area contributed by atoms with E-state index in [4.69, 9.17) is 11.6 Å². The van der Waals surface area contributed by atoms with Gasteiger partial charge in [0, 0.05) is 28.5 Å². The molecule has 1 N–H and O–H groups in total. The lowest BCUT2D eigenvalue weighted by Gasteiger charge is -2.09. The molecule has 0 aromatic heterocycles. The molecular weight excluding hydrogens is 278 g/mol. The van der Waals surface area contributed by atoms with Crippen molar-refractivity contribution in [1.82, 2.24) is 5.32 Å². The van der Waals surface area contributed by atoms with Crippen LogP contribution in [0.3, 0.4) is 0 Å². The van der Waals surface area contributed by atoms with Crippen LogP contribution in [0, 0.1) is 0 Å². The first-order valence-corrected chi connectivity index (χ1v) is 8.58. The van der Waals surface area contributed by atoms with E-state index in [1.54, 1.807) is 0 Å². The number of hydrogen-bond donors (Lipinski definition) is 1. The van der Waals surface area contributed by atoms with Gasteiger partial charge in [-0.1, -0.05) is 17.7 Å². The van der Waals surface area contributed by atoms with Crippen molar-refractivity contribution in [2.45, 2.75) is 11.4 Å². The molecule has 1 rings (SSSR count). The lowest BCUT2D eigenvalue weighted by Crippen LogP contribution is -2.08. The molecule has 0 atom stereocenters. The summed E-state index contributed by atoms with van der Waals surface area (Å²) in [6, 6.07) is 5.68. The van der Waals surface area contributed by atoms with Gasteiger partial charge in [-0.15, -0.1) is 11.8 Å². The maximum Gasteiger partial charge on any atom is 0.148 e. The normalized spacial score (nSPS) is 11.7. The third kappa shape index (κ3) is 5.77. The molecule has 0 aliphatic heterocycles. The fourth-order valence-electron chi connectivity index (χ4n) is 1.30. The van der Waals surface area contributed by atoms with Crippen molar-refractivity contribution in [3.8, 4) is 0 Å². The van der Waals surface area contributed by atoms with E-state index in [9.17, 15) is 8.42 Å². The molecule has 1 aromatic carbocycles. The van der Waals surface area contributed by atoms with Gasteiger partial charge in [0.05, 0.1) is 5.75 Å². The van der Waals surface area contributed by atoms with Crippen LogP contribution in [-0.4, -0.2) is 33.2 Å². The van der Waals surface area contributed by atoms with Crippen molar-refractivity contribution in [2.24, 2.45) is 0 Å². The molecule has 1 aromatic rings. The van der Waals surface area contributed by atoms with Crippen LogP contribution >= 0.6 is 23.4 Å². The van der Waals surface area contributed by atoms with Gasteiger partial charge in [0.2, 0.25) is 0 Å². The van der Waals surface area contributed by atoms with Gasteiger partial charge in [0.15, 0.2) is 0 Å². The average Bonchev–Trinajstić information content (AvgIpc) is 2.20. The summed E-state index contributed by atoms with van der Waals surface area (Å²) in [5, 5.41) is 3.75. The Morgan fingerprint density at radius 3 is 2.71 bits per heavy atom. The predicted molar refractivity (Wildman–Crippen MR) is 74.7 cm³/mol. The summed E-state index contributed by atoms with van der Waals surface area (Å²) in [7, 11) is -1.02. The molecule has 0 aliphatic rings. The van der Waals surface area contributed by atoms with Crippen molar-refractivity contribution in [3.05, 3.63) is 28.8 Å². The highest BCUT2D eigenvalue weighted by Gasteiger charge is 2.06. The molecule has 3 nitrogen and oxygen atoms in total. The van der Waals surface area contributed by atoms with Gasteiger partial charge in [0.1, 0.15) is 9.84 Å². The van der Waals surface area contributed by atoms with Crippen LogP contribution in [0.4, 0.5) is 0 Å². The second-order valence-electron chi connectivity index (χ2n) is 3.76. The molecule has 6 heteroatoms. The first-order valence-electron chi connectivity index (χ1n) is 5.16. The van der Waals surface area contributed by atoms with Gasteiger partial charge < -0.3 is 5.32 Å². The fourth-order valence-corrected chi connectivity index (χ4v) is 3.84. The zero-order valence-electron chi connectivity index (χ0n) is 9.86. The zero-order chi connectivity index (χ0) is 12.9. The third-order valence-electron chi connectivity index (χ3n) is 2.11. The van der Waals surface area contributed by atoms with Crippen LogP contribution in [0.5, 0.6) is 0 Å². The molecular formula is C11H16ClNO2S2. The van der Waals surface area contributed by atoms with E-state index in [0.29, 0.717) is 10.8 Å². The van der Waals surface area contributed by atoms with Crippen LogP contribution < -0.4 is 5.32 Å². The van der Waals surface area contributed by atoms with Crippen LogP contribution in [-0.2, 0) is 16.4 Å². The first-order chi connectivity index (χ1) is 7.92. The van der Waals surface area contributed by atoms with Crippen molar-refractivity contribution < 1.29 is 8.42 Å². The maximum atomic E-state index is 11.0. The minimum absolute atomic E-state index is 0.184. The number of nitrogens with one attached hydrogen (secondary N) is 1. The maximum absolute atomic E-state index is 11.0. The van der Waals surface area contributed by atoms with Crippen molar-refractivity contribution in [3.63, 3.8) is 0 Å². The summed E-state index contributed by atoms with van der Waals surface area (Å²) in [6.45, 7) is 0.748. The highest BCUT2D eigenvalue weighted by Crippen LogP contribution is 2.26. The Bertz CT molecular complexity index is 474. The summed E-state index contributed by atoms with van der Waals surface area (Å²) < 4.78 is 22.1. The first kappa shape index (κ1) is 14.8. The van der Waals surface area contributed by atoms with E-state index >= 15 is 0 Å². The second-order valence-corrected chi connectivity index (χ2v) is 7.59. The Balaban J connectivity index is 2.71. The standard InChI is InChI=1S/C11H16ClNO2S2/c1-13-8-9-3-4-10(12)7-11(9)16-5-6-17(2,14)15/h3-4,7,13H,5-6,8H2,1-2H3. The molecule has 0 saturated heterocycles. The zero-order valence-corrected chi connectivity index (χ0v) is 12.3. The van der Waals surface area contributed by atoms with Crippen molar-refractivity contribution in [2.75, 3.05) is 24.8 Å². The largest absolute Gasteiger partial charge is 0.316 e. The summed E-state index contributed by atoms with van der Waals surface area (Å²) in [5.41, 5.74) is 1.13. The molecule has 96 valence electrons. The highest BCUT2D eigenvalue weighted by atomic mass is 35.5. The molecule has 0 heterocycles. The Hall–Kier alpha value is -0.230. The van der Waals surface area contributed by atoms with E-state index in [-0.39, 0.29) is 5.75 Å². The quantitative estimate of drug-likeness (QED) is 0.817.